The van der Waals surface area contributed by atoms with E-state index in [4.69, 9.17) is 21.1 Å². The number of benzene rings is 3. The smallest absolute Gasteiger partial charge is 0.156 e. The monoisotopic (exact) mass is 412 g/mol. The standard InChI is InChI=1S/C24H17ClN4O/c25-20-11-5-6-12-21(20)27-26-15-18-16-29(19-9-2-1-3-10-19)28-24(18)23-14-17-8-4-7-13-22(17)30-23/h1-16,27H/b26-15-. The SMILES string of the molecule is Clc1ccccc1N/N=C\c1cn(-c2ccccc2)nc1-c1cc2ccccc2o1. The first-order chi connectivity index (χ1) is 14.8. The third-order valence-corrected chi connectivity index (χ3v) is 5.01. The third kappa shape index (κ3) is 3.58. The maximum absolute atomic E-state index is 6.19. The molecular formula is C24H17ClN4O. The van der Waals surface area contributed by atoms with Crippen molar-refractivity contribution in [1.29, 1.82) is 0 Å². The highest BCUT2D eigenvalue weighted by atomic mass is 35.5. The second kappa shape index (κ2) is 7.89. The van der Waals surface area contributed by atoms with Crippen LogP contribution in [0.1, 0.15) is 5.56 Å². The van der Waals surface area contributed by atoms with Gasteiger partial charge in [-0.3, -0.25) is 5.43 Å². The molecule has 5 nitrogen and oxygen atoms in total. The number of rotatable bonds is 5. The number of furan rings is 1. The summed E-state index contributed by atoms with van der Waals surface area (Å²) in [6, 6.07) is 27.3. The van der Waals surface area contributed by atoms with E-state index in [1.54, 1.807) is 6.21 Å². The first kappa shape index (κ1) is 18.2. The number of fused-ring (bicyclic) bond motifs is 1. The minimum Gasteiger partial charge on any atom is -0.454 e. The van der Waals surface area contributed by atoms with E-state index in [0.29, 0.717) is 16.5 Å². The van der Waals surface area contributed by atoms with Crippen LogP contribution in [0.25, 0.3) is 28.1 Å². The van der Waals surface area contributed by atoms with E-state index in [0.717, 1.165) is 27.9 Å². The molecule has 3 aromatic carbocycles. The molecule has 2 aromatic heterocycles. The number of aromatic nitrogens is 2. The van der Waals surface area contributed by atoms with Gasteiger partial charge in [0.1, 0.15) is 11.3 Å². The van der Waals surface area contributed by atoms with E-state index in [-0.39, 0.29) is 0 Å². The number of nitrogens with one attached hydrogen (secondary N) is 1. The molecule has 2 heterocycles. The molecule has 30 heavy (non-hydrogen) atoms. The van der Waals surface area contributed by atoms with Gasteiger partial charge in [0, 0.05) is 17.1 Å². The van der Waals surface area contributed by atoms with E-state index >= 15 is 0 Å². The largest absolute Gasteiger partial charge is 0.454 e. The van der Waals surface area contributed by atoms with E-state index < -0.39 is 0 Å². The lowest BCUT2D eigenvalue weighted by molar-refractivity contribution is 0.627. The Morgan fingerprint density at radius 2 is 1.70 bits per heavy atom. The lowest BCUT2D eigenvalue weighted by atomic mass is 10.2. The fraction of sp³-hybridized carbons (Fsp3) is 0. The molecule has 5 rings (SSSR count). The van der Waals surface area contributed by atoms with Crippen molar-refractivity contribution in [2.45, 2.75) is 0 Å². The van der Waals surface area contributed by atoms with Crippen molar-refractivity contribution in [1.82, 2.24) is 9.78 Å². The van der Waals surface area contributed by atoms with Crippen molar-refractivity contribution in [3.8, 4) is 17.1 Å². The van der Waals surface area contributed by atoms with Gasteiger partial charge in [-0.1, -0.05) is 60.1 Å². The van der Waals surface area contributed by atoms with Gasteiger partial charge in [0.05, 0.1) is 22.6 Å². The summed E-state index contributed by atoms with van der Waals surface area (Å²) in [5.74, 6) is 0.685. The van der Waals surface area contributed by atoms with Crippen LogP contribution in [0.5, 0.6) is 0 Å². The van der Waals surface area contributed by atoms with Crippen molar-refractivity contribution in [2.24, 2.45) is 5.10 Å². The van der Waals surface area contributed by atoms with Crippen molar-refractivity contribution >= 4 is 34.5 Å². The number of hydrazone groups is 1. The highest BCUT2D eigenvalue weighted by Gasteiger charge is 2.15. The van der Waals surface area contributed by atoms with Gasteiger partial charge in [-0.25, -0.2) is 4.68 Å². The molecule has 5 aromatic rings. The Balaban J connectivity index is 1.55. The van der Waals surface area contributed by atoms with Gasteiger partial charge in [0.25, 0.3) is 0 Å². The van der Waals surface area contributed by atoms with Gasteiger partial charge in [0.2, 0.25) is 0 Å². The molecule has 1 N–H and O–H groups in total. The Morgan fingerprint density at radius 1 is 0.933 bits per heavy atom. The van der Waals surface area contributed by atoms with Crippen LogP contribution in [0, 0.1) is 0 Å². The van der Waals surface area contributed by atoms with E-state index in [1.807, 2.05) is 95.8 Å². The maximum Gasteiger partial charge on any atom is 0.156 e. The summed E-state index contributed by atoms with van der Waals surface area (Å²) in [4.78, 5) is 0. The summed E-state index contributed by atoms with van der Waals surface area (Å²) in [7, 11) is 0. The molecule has 0 aliphatic carbocycles. The van der Waals surface area contributed by atoms with Crippen LogP contribution in [0.4, 0.5) is 5.69 Å². The zero-order chi connectivity index (χ0) is 20.3. The third-order valence-electron chi connectivity index (χ3n) is 4.68. The topological polar surface area (TPSA) is 55.4 Å². The minimum atomic E-state index is 0.604. The van der Waals surface area contributed by atoms with Gasteiger partial charge >= 0.3 is 0 Å². The van der Waals surface area contributed by atoms with Crippen molar-refractivity contribution in [2.75, 3.05) is 5.43 Å². The summed E-state index contributed by atoms with van der Waals surface area (Å²) in [6.07, 6.45) is 3.65. The Bertz CT molecular complexity index is 1300. The van der Waals surface area contributed by atoms with E-state index in [1.165, 1.54) is 0 Å². The number of anilines is 1. The van der Waals surface area contributed by atoms with Crippen LogP contribution in [-0.4, -0.2) is 16.0 Å². The summed E-state index contributed by atoms with van der Waals surface area (Å²) < 4.78 is 7.87. The molecule has 0 spiro atoms. The van der Waals surface area contributed by atoms with Crippen LogP contribution in [0.3, 0.4) is 0 Å². The molecule has 0 bridgehead atoms. The Labute approximate surface area is 178 Å². The first-order valence-electron chi connectivity index (χ1n) is 9.45. The number of hydrogen-bond acceptors (Lipinski definition) is 4. The molecule has 0 fully saturated rings. The average Bonchev–Trinajstić information content (AvgIpc) is 3.40. The Morgan fingerprint density at radius 3 is 2.53 bits per heavy atom. The summed E-state index contributed by atoms with van der Waals surface area (Å²) in [6.45, 7) is 0. The molecule has 0 aliphatic heterocycles. The highest BCUT2D eigenvalue weighted by Crippen LogP contribution is 2.29. The van der Waals surface area contributed by atoms with E-state index in [2.05, 4.69) is 10.5 Å². The van der Waals surface area contributed by atoms with Gasteiger partial charge in [0.15, 0.2) is 5.76 Å². The Hall–Kier alpha value is -3.83. The zero-order valence-electron chi connectivity index (χ0n) is 15.9. The van der Waals surface area contributed by atoms with Crippen molar-refractivity contribution in [3.63, 3.8) is 0 Å². The minimum absolute atomic E-state index is 0.604. The molecule has 0 saturated heterocycles. The van der Waals surface area contributed by atoms with Gasteiger partial charge in [-0.05, 0) is 36.4 Å². The number of nitrogens with zero attached hydrogens (tertiary/aromatic N) is 3. The predicted octanol–water partition coefficient (Wildman–Crippen LogP) is 6.38. The quantitative estimate of drug-likeness (QED) is 0.269. The molecule has 0 saturated carbocycles. The second-order valence-corrected chi connectivity index (χ2v) is 7.12. The molecule has 0 amide bonds. The van der Waals surface area contributed by atoms with Crippen LogP contribution in [-0.2, 0) is 0 Å². The number of halogens is 1. The molecule has 0 unspecified atom stereocenters. The number of hydrogen-bond donors (Lipinski definition) is 1. The molecular weight excluding hydrogens is 396 g/mol. The van der Waals surface area contributed by atoms with Crippen LogP contribution < -0.4 is 5.43 Å². The van der Waals surface area contributed by atoms with Gasteiger partial charge in [-0.2, -0.15) is 10.2 Å². The Kier molecular flexibility index (Phi) is 4.79. The fourth-order valence-electron chi connectivity index (χ4n) is 3.21. The normalized spacial score (nSPS) is 11.4. The van der Waals surface area contributed by atoms with E-state index in [9.17, 15) is 0 Å². The van der Waals surface area contributed by atoms with Crippen LogP contribution in [0.15, 0.2) is 101 Å². The highest BCUT2D eigenvalue weighted by molar-refractivity contribution is 6.33. The van der Waals surface area contributed by atoms with Crippen LogP contribution in [0.2, 0.25) is 5.02 Å². The maximum atomic E-state index is 6.19. The number of para-hydroxylation sites is 3. The van der Waals surface area contributed by atoms with Crippen molar-refractivity contribution in [3.05, 3.63) is 102 Å². The zero-order valence-corrected chi connectivity index (χ0v) is 16.6. The molecule has 0 atom stereocenters. The molecule has 0 aliphatic rings. The van der Waals surface area contributed by atoms with Gasteiger partial charge in [-0.15, -0.1) is 0 Å². The first-order valence-corrected chi connectivity index (χ1v) is 9.83. The average molecular weight is 413 g/mol. The van der Waals surface area contributed by atoms with Crippen LogP contribution >= 0.6 is 11.6 Å². The van der Waals surface area contributed by atoms with Crippen molar-refractivity contribution < 1.29 is 4.42 Å². The summed E-state index contributed by atoms with van der Waals surface area (Å²) >= 11 is 6.19. The molecule has 0 radical (unpaired) electrons. The summed E-state index contributed by atoms with van der Waals surface area (Å²) in [5, 5.41) is 10.8. The molecule has 146 valence electrons. The fourth-order valence-corrected chi connectivity index (χ4v) is 3.39. The summed E-state index contributed by atoms with van der Waals surface area (Å²) in [5.41, 5.74) is 7.01. The molecule has 6 heteroatoms. The predicted molar refractivity (Wildman–Crippen MR) is 121 cm³/mol. The lowest BCUT2D eigenvalue weighted by Gasteiger charge is -2.01. The lowest BCUT2D eigenvalue weighted by Crippen LogP contribution is -1.93. The van der Waals surface area contributed by atoms with Gasteiger partial charge < -0.3 is 4.42 Å². The second-order valence-electron chi connectivity index (χ2n) is 6.71.